The molecule has 1 aliphatic rings. The van der Waals surface area contributed by atoms with Crippen molar-refractivity contribution in [3.05, 3.63) is 35.4 Å². The Balaban J connectivity index is 2.27. The first-order chi connectivity index (χ1) is 8.52. The van der Waals surface area contributed by atoms with Gasteiger partial charge in [-0.2, -0.15) is 13.2 Å². The van der Waals surface area contributed by atoms with E-state index < -0.39 is 11.7 Å². The van der Waals surface area contributed by atoms with Gasteiger partial charge in [0.1, 0.15) is 0 Å². The van der Waals surface area contributed by atoms with Crippen LogP contribution in [0.25, 0.3) is 0 Å². The van der Waals surface area contributed by atoms with E-state index in [1.807, 2.05) is 0 Å². The second kappa shape index (κ2) is 5.28. The molecule has 1 aliphatic heterocycles. The zero-order valence-electron chi connectivity index (χ0n) is 9.87. The maximum absolute atomic E-state index is 12.7. The number of piperidine rings is 1. The van der Waals surface area contributed by atoms with Crippen LogP contribution < -0.4 is 5.32 Å². The molecule has 2 unspecified atom stereocenters. The van der Waals surface area contributed by atoms with Crippen molar-refractivity contribution in [2.75, 3.05) is 19.7 Å². The van der Waals surface area contributed by atoms with Crippen LogP contribution in [0.1, 0.15) is 23.5 Å². The van der Waals surface area contributed by atoms with Gasteiger partial charge in [0.25, 0.3) is 0 Å². The van der Waals surface area contributed by atoms with Gasteiger partial charge in [-0.05, 0) is 30.5 Å². The van der Waals surface area contributed by atoms with Crippen LogP contribution in [0.15, 0.2) is 24.3 Å². The minimum absolute atomic E-state index is 0.00134. The summed E-state index contributed by atoms with van der Waals surface area (Å²) >= 11 is 0. The maximum atomic E-state index is 12.7. The van der Waals surface area contributed by atoms with E-state index in [9.17, 15) is 18.3 Å². The average Bonchev–Trinajstić information content (AvgIpc) is 2.38. The average molecular weight is 259 g/mol. The molecule has 1 aromatic carbocycles. The van der Waals surface area contributed by atoms with Gasteiger partial charge in [0.15, 0.2) is 0 Å². The van der Waals surface area contributed by atoms with E-state index in [0.717, 1.165) is 19.0 Å². The fourth-order valence-electron chi connectivity index (χ4n) is 2.50. The summed E-state index contributed by atoms with van der Waals surface area (Å²) in [5.41, 5.74) is 0.0561. The van der Waals surface area contributed by atoms with Crippen LogP contribution in [0.2, 0.25) is 0 Å². The number of benzene rings is 1. The molecule has 1 saturated heterocycles. The van der Waals surface area contributed by atoms with Crippen LogP contribution in [0, 0.1) is 5.92 Å². The molecule has 5 heteroatoms. The minimum Gasteiger partial charge on any atom is -0.396 e. The number of alkyl halides is 3. The number of nitrogens with one attached hydrogen (secondary N) is 1. The second-order valence-corrected chi connectivity index (χ2v) is 4.67. The van der Waals surface area contributed by atoms with Crippen LogP contribution in [-0.2, 0) is 6.18 Å². The summed E-state index contributed by atoms with van der Waals surface area (Å²) in [4.78, 5) is 0. The Morgan fingerprint density at radius 1 is 1.33 bits per heavy atom. The molecule has 1 aromatic rings. The third-order valence-electron chi connectivity index (χ3n) is 3.48. The van der Waals surface area contributed by atoms with Crippen LogP contribution in [-0.4, -0.2) is 24.8 Å². The lowest BCUT2D eigenvalue weighted by Crippen LogP contribution is -2.37. The Morgan fingerprint density at radius 3 is 2.78 bits per heavy atom. The van der Waals surface area contributed by atoms with Gasteiger partial charge in [-0.1, -0.05) is 18.2 Å². The largest absolute Gasteiger partial charge is 0.416 e. The van der Waals surface area contributed by atoms with Crippen molar-refractivity contribution in [2.24, 2.45) is 5.92 Å². The van der Waals surface area contributed by atoms with Gasteiger partial charge in [0.2, 0.25) is 0 Å². The third kappa shape index (κ3) is 2.84. The Hall–Kier alpha value is -1.07. The molecule has 0 radical (unpaired) electrons. The summed E-state index contributed by atoms with van der Waals surface area (Å²) in [5, 5.41) is 12.4. The predicted octanol–water partition coefficient (Wildman–Crippen LogP) is 2.39. The second-order valence-electron chi connectivity index (χ2n) is 4.67. The quantitative estimate of drug-likeness (QED) is 0.854. The lowest BCUT2D eigenvalue weighted by molar-refractivity contribution is -0.137. The Labute approximate surface area is 104 Å². The summed E-state index contributed by atoms with van der Waals surface area (Å²) in [5.74, 6) is -0.0132. The number of aliphatic hydroxyl groups is 1. The van der Waals surface area contributed by atoms with Crippen molar-refractivity contribution in [2.45, 2.75) is 18.5 Å². The van der Waals surface area contributed by atoms with Crippen molar-refractivity contribution in [1.82, 2.24) is 5.32 Å². The van der Waals surface area contributed by atoms with E-state index >= 15 is 0 Å². The SMILES string of the molecule is OCC1CNCCC1c1cccc(C(F)(F)F)c1. The summed E-state index contributed by atoms with van der Waals surface area (Å²) in [6.45, 7) is 1.42. The first-order valence-corrected chi connectivity index (χ1v) is 6.01. The number of rotatable bonds is 2. The van der Waals surface area contributed by atoms with Crippen LogP contribution in [0.3, 0.4) is 0 Å². The smallest absolute Gasteiger partial charge is 0.396 e. The molecule has 2 rings (SSSR count). The van der Waals surface area contributed by atoms with E-state index in [-0.39, 0.29) is 18.4 Å². The number of hydrogen-bond donors (Lipinski definition) is 2. The fourth-order valence-corrected chi connectivity index (χ4v) is 2.50. The van der Waals surface area contributed by atoms with Crippen molar-refractivity contribution in [1.29, 1.82) is 0 Å². The minimum atomic E-state index is -4.31. The normalized spacial score (nSPS) is 25.1. The highest BCUT2D eigenvalue weighted by Crippen LogP contribution is 2.35. The van der Waals surface area contributed by atoms with Gasteiger partial charge in [-0.25, -0.2) is 0 Å². The molecular weight excluding hydrogens is 243 g/mol. The highest BCUT2D eigenvalue weighted by molar-refractivity contribution is 5.29. The van der Waals surface area contributed by atoms with E-state index in [1.165, 1.54) is 12.1 Å². The Kier molecular flexibility index (Phi) is 3.92. The van der Waals surface area contributed by atoms with E-state index in [2.05, 4.69) is 5.32 Å². The third-order valence-corrected chi connectivity index (χ3v) is 3.48. The molecule has 0 amide bonds. The van der Waals surface area contributed by atoms with Gasteiger partial charge in [0, 0.05) is 19.1 Å². The molecule has 2 nitrogen and oxygen atoms in total. The summed E-state index contributed by atoms with van der Waals surface area (Å²) < 4.78 is 38.0. The van der Waals surface area contributed by atoms with Crippen LogP contribution in [0.5, 0.6) is 0 Å². The van der Waals surface area contributed by atoms with Gasteiger partial charge < -0.3 is 10.4 Å². The standard InChI is InChI=1S/C13H16F3NO/c14-13(15,16)11-3-1-2-9(6-11)12-4-5-17-7-10(12)8-18/h1-3,6,10,12,17-18H,4-5,7-8H2. The zero-order chi connectivity index (χ0) is 13.2. The Bertz CT molecular complexity index is 405. The van der Waals surface area contributed by atoms with Crippen molar-refractivity contribution in [3.8, 4) is 0 Å². The van der Waals surface area contributed by atoms with Gasteiger partial charge in [-0.3, -0.25) is 0 Å². The molecule has 100 valence electrons. The highest BCUT2D eigenvalue weighted by atomic mass is 19.4. The molecule has 0 saturated carbocycles. The van der Waals surface area contributed by atoms with Gasteiger partial charge >= 0.3 is 6.18 Å². The molecule has 0 spiro atoms. The van der Waals surface area contributed by atoms with Gasteiger partial charge in [0.05, 0.1) is 5.56 Å². The maximum Gasteiger partial charge on any atom is 0.416 e. The zero-order valence-corrected chi connectivity index (χ0v) is 9.87. The first-order valence-electron chi connectivity index (χ1n) is 6.01. The first kappa shape index (κ1) is 13.4. The number of hydrogen-bond acceptors (Lipinski definition) is 2. The van der Waals surface area contributed by atoms with Crippen LogP contribution in [0.4, 0.5) is 13.2 Å². The molecule has 1 heterocycles. The molecular formula is C13H16F3NO. The highest BCUT2D eigenvalue weighted by Gasteiger charge is 2.32. The summed E-state index contributed by atoms with van der Waals surface area (Å²) in [6, 6.07) is 5.44. The van der Waals surface area contributed by atoms with E-state index in [0.29, 0.717) is 12.1 Å². The molecule has 2 N–H and O–H groups in total. The molecule has 2 atom stereocenters. The molecule has 1 fully saturated rings. The van der Waals surface area contributed by atoms with Crippen molar-refractivity contribution < 1.29 is 18.3 Å². The molecule has 0 bridgehead atoms. The summed E-state index contributed by atoms with van der Waals surface area (Å²) in [7, 11) is 0. The lowest BCUT2D eigenvalue weighted by atomic mass is 9.81. The van der Waals surface area contributed by atoms with Crippen molar-refractivity contribution in [3.63, 3.8) is 0 Å². The monoisotopic (exact) mass is 259 g/mol. The lowest BCUT2D eigenvalue weighted by Gasteiger charge is -2.31. The van der Waals surface area contributed by atoms with E-state index in [4.69, 9.17) is 0 Å². The molecule has 18 heavy (non-hydrogen) atoms. The summed E-state index contributed by atoms with van der Waals surface area (Å²) in [6.07, 6.45) is -3.55. The Morgan fingerprint density at radius 2 is 2.11 bits per heavy atom. The number of aliphatic hydroxyl groups excluding tert-OH is 1. The fraction of sp³-hybridized carbons (Fsp3) is 0.538. The predicted molar refractivity (Wildman–Crippen MR) is 62.2 cm³/mol. The number of halogens is 3. The molecule has 0 aromatic heterocycles. The van der Waals surface area contributed by atoms with Crippen LogP contribution >= 0.6 is 0 Å². The van der Waals surface area contributed by atoms with Crippen molar-refractivity contribution >= 4 is 0 Å². The van der Waals surface area contributed by atoms with E-state index in [1.54, 1.807) is 6.07 Å². The van der Waals surface area contributed by atoms with Gasteiger partial charge in [-0.15, -0.1) is 0 Å². The molecule has 0 aliphatic carbocycles. The topological polar surface area (TPSA) is 32.3 Å².